The molecule has 5 heteroatoms. The van der Waals surface area contributed by atoms with Crippen LogP contribution in [-0.2, 0) is 4.74 Å². The van der Waals surface area contributed by atoms with Crippen LogP contribution in [0.25, 0.3) is 0 Å². The van der Waals surface area contributed by atoms with Crippen LogP contribution in [0.1, 0.15) is 24.0 Å². The second-order valence-electron chi connectivity index (χ2n) is 5.45. The molecule has 0 amide bonds. The molecular weight excluding hydrogens is 276 g/mol. The van der Waals surface area contributed by atoms with E-state index < -0.39 is 0 Å². The van der Waals surface area contributed by atoms with E-state index in [1.165, 1.54) is 0 Å². The normalized spacial score (nSPS) is 17.9. The van der Waals surface area contributed by atoms with E-state index in [0.29, 0.717) is 18.0 Å². The molecule has 1 aliphatic rings. The third-order valence-corrected chi connectivity index (χ3v) is 3.79. The van der Waals surface area contributed by atoms with Crippen LogP contribution in [-0.4, -0.2) is 30.0 Å². The molecule has 1 aliphatic heterocycles. The van der Waals surface area contributed by atoms with E-state index in [-0.39, 0.29) is 6.04 Å². The SMILES string of the molecule is N=C(c1ccnc(NC2CCCOC2)c1)c1ccccc1N. The van der Waals surface area contributed by atoms with Gasteiger partial charge in [-0.05, 0) is 31.0 Å². The number of anilines is 2. The quantitative estimate of drug-likeness (QED) is 0.598. The van der Waals surface area contributed by atoms with Gasteiger partial charge in [-0.2, -0.15) is 0 Å². The first-order chi connectivity index (χ1) is 10.7. The smallest absolute Gasteiger partial charge is 0.126 e. The molecule has 0 radical (unpaired) electrons. The molecule has 22 heavy (non-hydrogen) atoms. The van der Waals surface area contributed by atoms with Gasteiger partial charge in [-0.25, -0.2) is 4.98 Å². The number of benzene rings is 1. The highest BCUT2D eigenvalue weighted by Crippen LogP contribution is 2.19. The second kappa shape index (κ2) is 6.58. The lowest BCUT2D eigenvalue weighted by molar-refractivity contribution is 0.0875. The van der Waals surface area contributed by atoms with Crippen molar-refractivity contribution in [3.05, 3.63) is 53.7 Å². The Bertz CT molecular complexity index is 665. The maximum absolute atomic E-state index is 8.37. The van der Waals surface area contributed by atoms with Crippen molar-refractivity contribution in [1.29, 1.82) is 5.41 Å². The molecule has 3 rings (SSSR count). The predicted molar refractivity (Wildman–Crippen MR) is 88.5 cm³/mol. The van der Waals surface area contributed by atoms with E-state index in [2.05, 4.69) is 10.3 Å². The monoisotopic (exact) mass is 296 g/mol. The van der Waals surface area contributed by atoms with Gasteiger partial charge in [-0.1, -0.05) is 18.2 Å². The van der Waals surface area contributed by atoms with Crippen molar-refractivity contribution in [1.82, 2.24) is 4.98 Å². The maximum atomic E-state index is 8.37. The lowest BCUT2D eigenvalue weighted by Gasteiger charge is -2.23. The van der Waals surface area contributed by atoms with Crippen molar-refractivity contribution in [3.8, 4) is 0 Å². The Labute approximate surface area is 130 Å². The van der Waals surface area contributed by atoms with E-state index in [4.69, 9.17) is 15.9 Å². The molecule has 2 aromatic rings. The van der Waals surface area contributed by atoms with Gasteiger partial charge in [0.2, 0.25) is 0 Å². The number of nitrogens with zero attached hydrogens (tertiary/aromatic N) is 1. The molecule has 0 bridgehead atoms. The minimum absolute atomic E-state index is 0.285. The Morgan fingerprint density at radius 2 is 2.18 bits per heavy atom. The Morgan fingerprint density at radius 1 is 1.32 bits per heavy atom. The van der Waals surface area contributed by atoms with Gasteiger partial charge >= 0.3 is 0 Å². The van der Waals surface area contributed by atoms with Gasteiger partial charge in [0, 0.05) is 29.6 Å². The van der Waals surface area contributed by atoms with E-state index in [1.807, 2.05) is 36.4 Å². The number of nitrogen functional groups attached to an aromatic ring is 1. The minimum Gasteiger partial charge on any atom is -0.398 e. The lowest BCUT2D eigenvalue weighted by atomic mass is 10.0. The molecular formula is C17H20N4O. The zero-order valence-corrected chi connectivity index (χ0v) is 12.4. The third-order valence-electron chi connectivity index (χ3n) is 3.79. The van der Waals surface area contributed by atoms with Crippen molar-refractivity contribution in [2.75, 3.05) is 24.3 Å². The van der Waals surface area contributed by atoms with Gasteiger partial charge < -0.3 is 15.8 Å². The molecule has 1 aromatic carbocycles. The van der Waals surface area contributed by atoms with Crippen molar-refractivity contribution >= 4 is 17.2 Å². The number of nitrogens with one attached hydrogen (secondary N) is 2. The first kappa shape index (κ1) is 14.5. The van der Waals surface area contributed by atoms with Crippen molar-refractivity contribution in [2.24, 2.45) is 0 Å². The summed E-state index contributed by atoms with van der Waals surface area (Å²) < 4.78 is 5.47. The zero-order chi connectivity index (χ0) is 15.4. The highest BCUT2D eigenvalue weighted by Gasteiger charge is 2.15. The van der Waals surface area contributed by atoms with Crippen LogP contribution in [0.3, 0.4) is 0 Å². The van der Waals surface area contributed by atoms with Crippen LogP contribution in [0.2, 0.25) is 0 Å². The fraction of sp³-hybridized carbons (Fsp3) is 0.294. The van der Waals surface area contributed by atoms with Gasteiger partial charge in [0.1, 0.15) is 5.82 Å². The molecule has 1 aromatic heterocycles. The number of rotatable bonds is 4. The fourth-order valence-corrected chi connectivity index (χ4v) is 2.61. The topological polar surface area (TPSA) is 84.0 Å². The first-order valence-electron chi connectivity index (χ1n) is 7.48. The number of aromatic nitrogens is 1. The molecule has 1 saturated heterocycles. The fourth-order valence-electron chi connectivity index (χ4n) is 2.61. The number of nitrogens with two attached hydrogens (primary N) is 1. The van der Waals surface area contributed by atoms with Gasteiger partial charge in [-0.15, -0.1) is 0 Å². The Kier molecular flexibility index (Phi) is 4.34. The zero-order valence-electron chi connectivity index (χ0n) is 12.4. The number of ether oxygens (including phenoxy) is 1. The highest BCUT2D eigenvalue weighted by atomic mass is 16.5. The summed E-state index contributed by atoms with van der Waals surface area (Å²) in [7, 11) is 0. The van der Waals surface area contributed by atoms with Crippen molar-refractivity contribution in [2.45, 2.75) is 18.9 Å². The molecule has 1 unspecified atom stereocenters. The number of para-hydroxylation sites is 1. The number of hydrogen-bond acceptors (Lipinski definition) is 5. The third kappa shape index (κ3) is 3.26. The molecule has 5 nitrogen and oxygen atoms in total. The summed E-state index contributed by atoms with van der Waals surface area (Å²) in [5.74, 6) is 0.771. The summed E-state index contributed by atoms with van der Waals surface area (Å²) in [5, 5.41) is 11.7. The van der Waals surface area contributed by atoms with Gasteiger partial charge in [0.15, 0.2) is 0 Å². The maximum Gasteiger partial charge on any atom is 0.126 e. The predicted octanol–water partition coefficient (Wildman–Crippen LogP) is 2.67. The van der Waals surface area contributed by atoms with Crippen molar-refractivity contribution in [3.63, 3.8) is 0 Å². The minimum atomic E-state index is 0.285. The standard InChI is InChI=1S/C17H20N4O/c18-15-6-2-1-5-14(15)17(19)12-7-8-20-16(10-12)21-13-4-3-9-22-11-13/h1-2,5-8,10,13,19H,3-4,9,11,18H2,(H,20,21). The Balaban J connectivity index is 1.78. The largest absolute Gasteiger partial charge is 0.398 e. The Morgan fingerprint density at radius 3 is 2.95 bits per heavy atom. The average molecular weight is 296 g/mol. The van der Waals surface area contributed by atoms with E-state index in [0.717, 1.165) is 36.4 Å². The average Bonchev–Trinajstić information content (AvgIpc) is 2.56. The van der Waals surface area contributed by atoms with Crippen LogP contribution in [0, 0.1) is 5.41 Å². The van der Waals surface area contributed by atoms with Crippen LogP contribution < -0.4 is 11.1 Å². The molecule has 114 valence electrons. The van der Waals surface area contributed by atoms with Crippen LogP contribution in [0.5, 0.6) is 0 Å². The first-order valence-corrected chi connectivity index (χ1v) is 7.48. The van der Waals surface area contributed by atoms with E-state index >= 15 is 0 Å². The van der Waals surface area contributed by atoms with Crippen LogP contribution in [0.15, 0.2) is 42.6 Å². The summed E-state index contributed by atoms with van der Waals surface area (Å²) in [6.45, 7) is 1.54. The van der Waals surface area contributed by atoms with E-state index in [1.54, 1.807) is 6.20 Å². The Hall–Kier alpha value is -2.40. The van der Waals surface area contributed by atoms with Crippen LogP contribution >= 0.6 is 0 Å². The summed E-state index contributed by atoms with van der Waals surface area (Å²) in [5.41, 5.74) is 8.51. The number of hydrogen-bond donors (Lipinski definition) is 3. The lowest BCUT2D eigenvalue weighted by Crippen LogP contribution is -2.30. The van der Waals surface area contributed by atoms with Gasteiger partial charge in [0.05, 0.1) is 18.4 Å². The molecule has 0 aliphatic carbocycles. The molecule has 1 fully saturated rings. The summed E-state index contributed by atoms with van der Waals surface area (Å²) in [4.78, 5) is 4.34. The summed E-state index contributed by atoms with van der Waals surface area (Å²) in [6.07, 6.45) is 3.86. The molecule has 4 N–H and O–H groups in total. The molecule has 1 atom stereocenters. The summed E-state index contributed by atoms with van der Waals surface area (Å²) in [6, 6.07) is 11.4. The molecule has 0 saturated carbocycles. The van der Waals surface area contributed by atoms with Crippen molar-refractivity contribution < 1.29 is 4.74 Å². The van der Waals surface area contributed by atoms with E-state index in [9.17, 15) is 0 Å². The molecule has 0 spiro atoms. The summed E-state index contributed by atoms with van der Waals surface area (Å²) >= 11 is 0. The van der Waals surface area contributed by atoms with Crippen LogP contribution in [0.4, 0.5) is 11.5 Å². The second-order valence-corrected chi connectivity index (χ2v) is 5.45. The molecule has 2 heterocycles. The van der Waals surface area contributed by atoms with Gasteiger partial charge in [-0.3, -0.25) is 5.41 Å². The van der Waals surface area contributed by atoms with Gasteiger partial charge in [0.25, 0.3) is 0 Å². The highest BCUT2D eigenvalue weighted by molar-refractivity contribution is 6.14. The number of pyridine rings is 1.